The number of thioether (sulfide) groups is 1. The van der Waals surface area contributed by atoms with Gasteiger partial charge >= 0.3 is 5.97 Å². The smallest absolute Gasteiger partial charge is 0.335 e. The molecule has 24 heavy (non-hydrogen) atoms. The van der Waals surface area contributed by atoms with Crippen LogP contribution in [0.4, 0.5) is 4.79 Å². The van der Waals surface area contributed by atoms with E-state index in [4.69, 9.17) is 5.11 Å². The fourth-order valence-corrected chi connectivity index (χ4v) is 3.32. The van der Waals surface area contributed by atoms with Gasteiger partial charge in [-0.25, -0.2) is 4.79 Å². The summed E-state index contributed by atoms with van der Waals surface area (Å²) in [5.74, 6) is -1.36. The van der Waals surface area contributed by atoms with Crippen molar-refractivity contribution in [2.24, 2.45) is 0 Å². The predicted molar refractivity (Wildman–Crippen MR) is 91.3 cm³/mol. The summed E-state index contributed by atoms with van der Waals surface area (Å²) in [5.41, 5.74) is 3.73. The highest BCUT2D eigenvalue weighted by molar-refractivity contribution is 8.18. The van der Waals surface area contributed by atoms with Gasteiger partial charge in [-0.3, -0.25) is 14.9 Å². The van der Waals surface area contributed by atoms with Crippen LogP contribution in [-0.4, -0.2) is 26.8 Å². The zero-order chi connectivity index (χ0) is 17.4. The van der Waals surface area contributed by atoms with Gasteiger partial charge in [-0.05, 0) is 67.6 Å². The van der Waals surface area contributed by atoms with Gasteiger partial charge in [0.05, 0.1) is 10.5 Å². The first-order valence-corrected chi connectivity index (χ1v) is 7.96. The van der Waals surface area contributed by atoms with E-state index in [2.05, 4.69) is 5.32 Å². The van der Waals surface area contributed by atoms with Crippen LogP contribution in [0.1, 0.15) is 27.3 Å². The molecule has 7 heteroatoms. The summed E-state index contributed by atoms with van der Waals surface area (Å²) in [6, 6.07) is 8.49. The first-order valence-electron chi connectivity index (χ1n) is 7.14. The van der Waals surface area contributed by atoms with Crippen LogP contribution in [-0.2, 0) is 4.79 Å². The fraction of sp³-hybridized carbons (Fsp3) is 0.118. The molecule has 2 N–H and O–H groups in total. The minimum atomic E-state index is -0.970. The number of nitrogens with zero attached hydrogens (tertiary/aromatic N) is 1. The van der Waals surface area contributed by atoms with E-state index in [1.165, 1.54) is 0 Å². The third-order valence-corrected chi connectivity index (χ3v) is 4.58. The minimum absolute atomic E-state index is 0.223. The number of carboxylic acid groups (broad SMARTS) is 1. The van der Waals surface area contributed by atoms with E-state index in [-0.39, 0.29) is 16.7 Å². The van der Waals surface area contributed by atoms with E-state index in [1.807, 2.05) is 24.5 Å². The molecule has 1 aliphatic rings. The molecule has 0 atom stereocenters. The minimum Gasteiger partial charge on any atom is -0.478 e. The summed E-state index contributed by atoms with van der Waals surface area (Å²) in [5, 5.41) is 10.8. The highest BCUT2D eigenvalue weighted by atomic mass is 32.2. The lowest BCUT2D eigenvalue weighted by atomic mass is 10.2. The Labute approximate surface area is 142 Å². The number of carbonyl (C=O) groups excluding carboxylic acids is 2. The van der Waals surface area contributed by atoms with Crippen molar-refractivity contribution in [2.45, 2.75) is 13.8 Å². The van der Waals surface area contributed by atoms with E-state index in [0.717, 1.165) is 34.4 Å². The van der Waals surface area contributed by atoms with Crippen LogP contribution in [0.3, 0.4) is 0 Å². The molecule has 0 bridgehead atoms. The van der Waals surface area contributed by atoms with Crippen LogP contribution in [0.15, 0.2) is 35.2 Å². The highest BCUT2D eigenvalue weighted by Crippen LogP contribution is 2.29. The first kappa shape index (κ1) is 16.1. The lowest BCUT2D eigenvalue weighted by Crippen LogP contribution is -2.17. The molecule has 3 rings (SSSR count). The Balaban J connectivity index is 2.01. The number of aromatic carboxylic acids is 1. The van der Waals surface area contributed by atoms with Crippen molar-refractivity contribution in [2.75, 3.05) is 0 Å². The Hall–Kier alpha value is -2.80. The summed E-state index contributed by atoms with van der Waals surface area (Å²) < 4.78 is 1.97. The summed E-state index contributed by atoms with van der Waals surface area (Å²) >= 11 is 0.880. The van der Waals surface area contributed by atoms with E-state index in [9.17, 15) is 14.4 Å². The number of nitrogens with one attached hydrogen (secondary N) is 1. The Morgan fingerprint density at radius 2 is 1.88 bits per heavy atom. The molecular weight excluding hydrogens is 328 g/mol. The van der Waals surface area contributed by atoms with E-state index in [0.29, 0.717) is 4.91 Å². The number of carboxylic acids is 1. The lowest BCUT2D eigenvalue weighted by Gasteiger charge is -2.10. The topological polar surface area (TPSA) is 88.4 Å². The summed E-state index contributed by atoms with van der Waals surface area (Å²) in [4.78, 5) is 34.3. The van der Waals surface area contributed by atoms with Gasteiger partial charge in [-0.1, -0.05) is 0 Å². The van der Waals surface area contributed by atoms with Crippen molar-refractivity contribution in [1.29, 1.82) is 0 Å². The van der Waals surface area contributed by atoms with Crippen molar-refractivity contribution in [3.8, 4) is 5.69 Å². The average molecular weight is 342 g/mol. The summed E-state index contributed by atoms with van der Waals surface area (Å²) in [6.45, 7) is 3.83. The molecule has 1 fully saturated rings. The second-order valence-corrected chi connectivity index (χ2v) is 6.38. The monoisotopic (exact) mass is 342 g/mol. The maximum atomic E-state index is 11.7. The number of aryl methyl sites for hydroxylation is 1. The van der Waals surface area contributed by atoms with Crippen molar-refractivity contribution >= 4 is 35.0 Å². The highest BCUT2D eigenvalue weighted by Gasteiger charge is 2.25. The third kappa shape index (κ3) is 2.85. The van der Waals surface area contributed by atoms with Gasteiger partial charge in [0, 0.05) is 17.1 Å². The molecule has 0 aliphatic carbocycles. The third-order valence-electron chi connectivity index (χ3n) is 3.77. The molecule has 2 aromatic rings. The number of hydrogen-bond donors (Lipinski definition) is 2. The number of amides is 2. The molecule has 1 saturated heterocycles. The fourth-order valence-electron chi connectivity index (χ4n) is 2.65. The van der Waals surface area contributed by atoms with Crippen molar-refractivity contribution in [3.05, 3.63) is 57.8 Å². The zero-order valence-corrected chi connectivity index (χ0v) is 13.8. The number of rotatable bonds is 3. The molecule has 1 aromatic carbocycles. The lowest BCUT2D eigenvalue weighted by molar-refractivity contribution is -0.115. The van der Waals surface area contributed by atoms with Crippen LogP contribution >= 0.6 is 11.8 Å². The summed E-state index contributed by atoms with van der Waals surface area (Å²) in [7, 11) is 0. The number of aromatic nitrogens is 1. The molecule has 1 aromatic heterocycles. The second-order valence-electron chi connectivity index (χ2n) is 5.37. The Morgan fingerprint density at radius 3 is 2.42 bits per heavy atom. The normalized spacial score (nSPS) is 15.8. The Morgan fingerprint density at radius 1 is 1.21 bits per heavy atom. The molecule has 6 nitrogen and oxygen atoms in total. The van der Waals surface area contributed by atoms with Gasteiger partial charge in [0.2, 0.25) is 0 Å². The average Bonchev–Trinajstić information content (AvgIpc) is 2.98. The summed E-state index contributed by atoms with van der Waals surface area (Å²) in [6.07, 6.45) is 1.69. The second kappa shape index (κ2) is 6.01. The first-order chi connectivity index (χ1) is 11.4. The number of benzene rings is 1. The molecule has 2 amide bonds. The van der Waals surface area contributed by atoms with Gasteiger partial charge in [0.1, 0.15) is 0 Å². The van der Waals surface area contributed by atoms with Gasteiger partial charge in [0.15, 0.2) is 0 Å². The van der Waals surface area contributed by atoms with Gasteiger partial charge < -0.3 is 9.67 Å². The van der Waals surface area contributed by atoms with Crippen LogP contribution in [0.25, 0.3) is 11.8 Å². The molecule has 0 radical (unpaired) electrons. The maximum Gasteiger partial charge on any atom is 0.335 e. The molecular formula is C17H14N2O4S. The van der Waals surface area contributed by atoms with Gasteiger partial charge in [-0.15, -0.1) is 0 Å². The van der Waals surface area contributed by atoms with Crippen LogP contribution in [0, 0.1) is 13.8 Å². The largest absolute Gasteiger partial charge is 0.478 e. The number of imide groups is 1. The molecule has 2 heterocycles. The molecule has 1 aliphatic heterocycles. The maximum absolute atomic E-state index is 11.7. The molecule has 0 saturated carbocycles. The van der Waals surface area contributed by atoms with E-state index in [1.54, 1.807) is 30.3 Å². The SMILES string of the molecule is Cc1cc(C=C2SC(=O)NC2=O)c(C)n1-c1ccc(C(=O)O)cc1. The van der Waals surface area contributed by atoms with Crippen molar-refractivity contribution in [1.82, 2.24) is 9.88 Å². The molecule has 122 valence electrons. The number of carbonyl (C=O) groups is 3. The van der Waals surface area contributed by atoms with Crippen molar-refractivity contribution in [3.63, 3.8) is 0 Å². The molecule has 0 unspecified atom stereocenters. The van der Waals surface area contributed by atoms with Gasteiger partial charge in [0.25, 0.3) is 11.1 Å². The number of hydrogen-bond acceptors (Lipinski definition) is 4. The quantitative estimate of drug-likeness (QED) is 0.837. The van der Waals surface area contributed by atoms with Crippen LogP contribution < -0.4 is 5.32 Å². The van der Waals surface area contributed by atoms with Gasteiger partial charge in [-0.2, -0.15) is 0 Å². The van der Waals surface area contributed by atoms with Crippen LogP contribution in [0.5, 0.6) is 0 Å². The predicted octanol–water partition coefficient (Wildman–Crippen LogP) is 3.12. The standard InChI is InChI=1S/C17H14N2O4S/c1-9-7-12(8-14-15(20)18-17(23)24-14)10(2)19(9)13-5-3-11(4-6-13)16(21)22/h3-8H,1-2H3,(H,21,22)(H,18,20,23). The van der Waals surface area contributed by atoms with Crippen molar-refractivity contribution < 1.29 is 19.5 Å². The Kier molecular flexibility index (Phi) is 4.02. The zero-order valence-electron chi connectivity index (χ0n) is 13.0. The van der Waals surface area contributed by atoms with Crippen LogP contribution in [0.2, 0.25) is 0 Å². The van der Waals surface area contributed by atoms with E-state index >= 15 is 0 Å². The van der Waals surface area contributed by atoms with E-state index < -0.39 is 5.97 Å². The Bertz CT molecular complexity index is 894. The molecule has 0 spiro atoms.